The molecule has 3 aromatic rings. The Morgan fingerprint density at radius 1 is 1.18 bits per heavy atom. The topological polar surface area (TPSA) is 96.8 Å². The third-order valence-electron chi connectivity index (χ3n) is 5.62. The van der Waals surface area contributed by atoms with Crippen molar-refractivity contribution in [1.82, 2.24) is 9.29 Å². The van der Waals surface area contributed by atoms with Gasteiger partial charge >= 0.3 is 5.97 Å². The minimum Gasteiger partial charge on any atom is -0.480 e. The average Bonchev–Trinajstić information content (AvgIpc) is 2.80. The van der Waals surface area contributed by atoms with E-state index in [0.29, 0.717) is 10.6 Å². The van der Waals surface area contributed by atoms with E-state index in [1.165, 1.54) is 10.4 Å². The van der Waals surface area contributed by atoms with E-state index in [-0.39, 0.29) is 18.0 Å². The van der Waals surface area contributed by atoms with Gasteiger partial charge in [-0.2, -0.15) is 4.31 Å². The number of hydrogen-bond donors (Lipinski definition) is 1. The van der Waals surface area contributed by atoms with Crippen molar-refractivity contribution in [2.45, 2.75) is 31.7 Å². The maximum absolute atomic E-state index is 13.7. The van der Waals surface area contributed by atoms with Crippen molar-refractivity contribution in [3.8, 4) is 11.1 Å². The zero-order chi connectivity index (χ0) is 24.9. The number of sulfonamides is 1. The Morgan fingerprint density at radius 3 is 2.62 bits per heavy atom. The molecule has 0 amide bonds. The summed E-state index contributed by atoms with van der Waals surface area (Å²) >= 11 is 6.21. The van der Waals surface area contributed by atoms with Gasteiger partial charge in [0, 0.05) is 30.0 Å². The Labute approximate surface area is 205 Å². The van der Waals surface area contributed by atoms with Crippen LogP contribution in [0.1, 0.15) is 29.7 Å². The number of benzene rings is 2. The number of halogens is 1. The lowest BCUT2D eigenvalue weighted by atomic mass is 9.98. The van der Waals surface area contributed by atoms with E-state index < -0.39 is 28.6 Å². The summed E-state index contributed by atoms with van der Waals surface area (Å²) in [7, 11) is -3.98. The zero-order valence-corrected chi connectivity index (χ0v) is 20.8. The highest BCUT2D eigenvalue weighted by Crippen LogP contribution is 2.33. The molecule has 1 N–H and O–H groups in total. The molecule has 1 aromatic heterocycles. The number of carboxylic acid groups (broad SMARTS) is 1. The van der Waals surface area contributed by atoms with E-state index in [1.807, 2.05) is 37.3 Å². The van der Waals surface area contributed by atoms with Crippen LogP contribution in [-0.4, -0.2) is 48.5 Å². The predicted octanol–water partition coefficient (Wildman–Crippen LogP) is 4.87. The first-order chi connectivity index (χ1) is 16.1. The summed E-state index contributed by atoms with van der Waals surface area (Å²) in [5, 5.41) is 9.21. The fourth-order valence-electron chi connectivity index (χ4n) is 3.76. The smallest absolute Gasteiger partial charge is 0.329 e. The van der Waals surface area contributed by atoms with Crippen LogP contribution in [0, 0.1) is 13.8 Å². The van der Waals surface area contributed by atoms with Crippen molar-refractivity contribution >= 4 is 27.6 Å². The summed E-state index contributed by atoms with van der Waals surface area (Å²) in [5.41, 5.74) is 4.20. The molecule has 9 heteroatoms. The average molecular weight is 503 g/mol. The molecular weight excluding hydrogens is 476 g/mol. The molecule has 0 bridgehead atoms. The van der Waals surface area contributed by atoms with E-state index in [2.05, 4.69) is 4.98 Å². The largest absolute Gasteiger partial charge is 0.480 e. The number of carbonyl (C=O) groups is 1. The van der Waals surface area contributed by atoms with Crippen LogP contribution < -0.4 is 0 Å². The van der Waals surface area contributed by atoms with Crippen molar-refractivity contribution in [3.05, 3.63) is 82.6 Å². The second kappa shape index (κ2) is 11.1. The summed E-state index contributed by atoms with van der Waals surface area (Å²) in [5.74, 6) is -1.12. The fraction of sp³-hybridized carbons (Fsp3) is 0.280. The Balaban J connectivity index is 2.01. The van der Waals surface area contributed by atoms with Crippen LogP contribution in [0.5, 0.6) is 0 Å². The molecule has 180 valence electrons. The second-order valence-electron chi connectivity index (χ2n) is 7.92. The SMILES string of the molecule is Cc1cnccc1-c1cccc(C(C)N(CCOCC(=O)O)S(=O)(=O)c2cccc(Cl)c2C)c1. The number of rotatable bonds is 10. The maximum atomic E-state index is 13.7. The monoisotopic (exact) mass is 502 g/mol. The molecule has 3 rings (SSSR count). The third-order valence-corrected chi connectivity index (χ3v) is 8.14. The molecule has 0 fully saturated rings. The highest BCUT2D eigenvalue weighted by atomic mass is 35.5. The Kier molecular flexibility index (Phi) is 8.43. The minimum atomic E-state index is -3.98. The van der Waals surface area contributed by atoms with Gasteiger partial charge < -0.3 is 9.84 Å². The van der Waals surface area contributed by atoms with E-state index >= 15 is 0 Å². The number of aryl methyl sites for hydroxylation is 1. The number of aromatic nitrogens is 1. The van der Waals surface area contributed by atoms with Crippen molar-refractivity contribution < 1.29 is 23.1 Å². The minimum absolute atomic E-state index is 0.0265. The number of nitrogens with zero attached hydrogens (tertiary/aromatic N) is 2. The molecule has 1 heterocycles. The van der Waals surface area contributed by atoms with Crippen LogP contribution in [-0.2, 0) is 19.6 Å². The van der Waals surface area contributed by atoms with Gasteiger partial charge in [0.15, 0.2) is 0 Å². The lowest BCUT2D eigenvalue weighted by Crippen LogP contribution is -2.37. The van der Waals surface area contributed by atoms with Crippen LogP contribution in [0.2, 0.25) is 5.02 Å². The van der Waals surface area contributed by atoms with Crippen LogP contribution >= 0.6 is 11.6 Å². The standard InChI is InChI=1S/C25H27ClN2O5S/c1-17-15-27-11-10-22(17)21-7-4-6-20(14-21)19(3)28(12-13-33-16-25(29)30)34(31,32)24-9-5-8-23(26)18(24)2/h4-11,14-15,19H,12-13,16H2,1-3H3,(H,29,30). The fourth-order valence-corrected chi connectivity index (χ4v) is 5.84. The van der Waals surface area contributed by atoms with Crippen LogP contribution in [0.4, 0.5) is 0 Å². The quantitative estimate of drug-likeness (QED) is 0.397. The van der Waals surface area contributed by atoms with Crippen molar-refractivity contribution in [3.63, 3.8) is 0 Å². The molecule has 1 unspecified atom stereocenters. The van der Waals surface area contributed by atoms with Crippen LogP contribution in [0.3, 0.4) is 0 Å². The van der Waals surface area contributed by atoms with Crippen LogP contribution in [0.25, 0.3) is 11.1 Å². The van der Waals surface area contributed by atoms with E-state index in [0.717, 1.165) is 22.3 Å². The second-order valence-corrected chi connectivity index (χ2v) is 10.2. The van der Waals surface area contributed by atoms with Crippen molar-refractivity contribution in [2.24, 2.45) is 0 Å². The Hall–Kier alpha value is -2.78. The maximum Gasteiger partial charge on any atom is 0.329 e. The number of hydrogen-bond acceptors (Lipinski definition) is 5. The molecule has 0 radical (unpaired) electrons. The molecule has 0 aliphatic carbocycles. The molecular formula is C25H27ClN2O5S. The van der Waals surface area contributed by atoms with Gasteiger partial charge in [-0.15, -0.1) is 0 Å². The summed E-state index contributed by atoms with van der Waals surface area (Å²) in [4.78, 5) is 15.1. The molecule has 0 saturated carbocycles. The summed E-state index contributed by atoms with van der Waals surface area (Å²) in [6.07, 6.45) is 3.50. The molecule has 1 atom stereocenters. The van der Waals surface area contributed by atoms with Gasteiger partial charge in [-0.3, -0.25) is 4.98 Å². The number of ether oxygens (including phenoxy) is 1. The first kappa shape index (κ1) is 25.8. The lowest BCUT2D eigenvalue weighted by molar-refractivity contribution is -0.142. The van der Waals surface area contributed by atoms with Gasteiger partial charge in [0.2, 0.25) is 10.0 Å². The van der Waals surface area contributed by atoms with Gasteiger partial charge in [-0.25, -0.2) is 13.2 Å². The highest BCUT2D eigenvalue weighted by molar-refractivity contribution is 7.89. The predicted molar refractivity (Wildman–Crippen MR) is 131 cm³/mol. The molecule has 0 spiro atoms. The lowest BCUT2D eigenvalue weighted by Gasteiger charge is -2.29. The highest BCUT2D eigenvalue weighted by Gasteiger charge is 2.31. The molecule has 0 aliphatic heterocycles. The molecule has 34 heavy (non-hydrogen) atoms. The van der Waals surface area contributed by atoms with Crippen LogP contribution in [0.15, 0.2) is 65.8 Å². The Bertz CT molecular complexity index is 1280. The van der Waals surface area contributed by atoms with E-state index in [9.17, 15) is 13.2 Å². The summed E-state index contributed by atoms with van der Waals surface area (Å²) in [6.45, 7) is 4.82. The first-order valence-corrected chi connectivity index (χ1v) is 12.5. The van der Waals surface area contributed by atoms with Gasteiger partial charge in [-0.05, 0) is 72.9 Å². The van der Waals surface area contributed by atoms with Crippen molar-refractivity contribution in [1.29, 1.82) is 0 Å². The number of pyridine rings is 1. The summed E-state index contributed by atoms with van der Waals surface area (Å²) < 4.78 is 34.0. The van der Waals surface area contributed by atoms with E-state index in [4.69, 9.17) is 21.4 Å². The van der Waals surface area contributed by atoms with E-state index in [1.54, 1.807) is 38.4 Å². The van der Waals surface area contributed by atoms with Gasteiger partial charge in [0.1, 0.15) is 6.61 Å². The van der Waals surface area contributed by atoms with Crippen molar-refractivity contribution in [2.75, 3.05) is 19.8 Å². The number of aliphatic carboxylic acids is 1. The molecule has 2 aromatic carbocycles. The number of carboxylic acids is 1. The molecule has 7 nitrogen and oxygen atoms in total. The molecule has 0 aliphatic rings. The van der Waals surface area contributed by atoms with Gasteiger partial charge in [-0.1, -0.05) is 35.9 Å². The van der Waals surface area contributed by atoms with Gasteiger partial charge in [0.05, 0.1) is 11.5 Å². The third kappa shape index (κ3) is 5.82. The Morgan fingerprint density at radius 2 is 1.91 bits per heavy atom. The first-order valence-electron chi connectivity index (χ1n) is 10.7. The zero-order valence-electron chi connectivity index (χ0n) is 19.2. The summed E-state index contributed by atoms with van der Waals surface area (Å²) in [6, 6.07) is 13.8. The molecule has 0 saturated heterocycles. The van der Waals surface area contributed by atoms with Gasteiger partial charge in [0.25, 0.3) is 0 Å². The normalized spacial score (nSPS) is 12.6.